The van der Waals surface area contributed by atoms with Crippen LogP contribution in [0.1, 0.15) is 23.4 Å². The van der Waals surface area contributed by atoms with Gasteiger partial charge in [0.1, 0.15) is 10.0 Å². The van der Waals surface area contributed by atoms with Crippen LogP contribution >= 0.6 is 27.3 Å². The lowest BCUT2D eigenvalue weighted by Gasteiger charge is -2.15. The van der Waals surface area contributed by atoms with E-state index in [1.54, 1.807) is 12.4 Å². The van der Waals surface area contributed by atoms with Gasteiger partial charge >= 0.3 is 0 Å². The van der Waals surface area contributed by atoms with Crippen molar-refractivity contribution in [2.24, 2.45) is 0 Å². The van der Waals surface area contributed by atoms with Crippen molar-refractivity contribution in [3.8, 4) is 10.6 Å². The van der Waals surface area contributed by atoms with Gasteiger partial charge in [-0.15, -0.1) is 10.2 Å². The second-order valence-corrected chi connectivity index (χ2v) is 8.00. The molecule has 1 aromatic carbocycles. The molecule has 126 valence electrons. The molecular formula is C18H15BrN4OS. The first-order valence-electron chi connectivity index (χ1n) is 7.94. The molecule has 4 rings (SSSR count). The highest BCUT2D eigenvalue weighted by atomic mass is 79.9. The van der Waals surface area contributed by atoms with Gasteiger partial charge in [0, 0.05) is 22.4 Å². The zero-order valence-electron chi connectivity index (χ0n) is 13.3. The summed E-state index contributed by atoms with van der Waals surface area (Å²) in [5.74, 6) is 0.0314. The van der Waals surface area contributed by atoms with Crippen molar-refractivity contribution in [2.75, 3.05) is 0 Å². The Morgan fingerprint density at radius 1 is 1.20 bits per heavy atom. The van der Waals surface area contributed by atoms with Gasteiger partial charge in [0.15, 0.2) is 0 Å². The Balaban J connectivity index is 1.44. The number of halogens is 1. The molecule has 1 aliphatic carbocycles. The first-order chi connectivity index (χ1) is 12.2. The monoisotopic (exact) mass is 414 g/mol. The Kier molecular flexibility index (Phi) is 4.35. The van der Waals surface area contributed by atoms with Crippen molar-refractivity contribution in [2.45, 2.75) is 24.8 Å². The maximum absolute atomic E-state index is 12.7. The Labute approximate surface area is 157 Å². The summed E-state index contributed by atoms with van der Waals surface area (Å²) in [6.45, 7) is 0.395. The zero-order valence-corrected chi connectivity index (χ0v) is 15.7. The molecule has 0 bridgehead atoms. The quantitative estimate of drug-likeness (QED) is 0.690. The number of nitrogens with one attached hydrogen (secondary N) is 1. The first kappa shape index (κ1) is 16.4. The molecule has 0 unspecified atom stereocenters. The van der Waals surface area contributed by atoms with E-state index < -0.39 is 5.41 Å². The lowest BCUT2D eigenvalue weighted by atomic mass is 9.97. The first-order valence-corrected chi connectivity index (χ1v) is 9.55. The van der Waals surface area contributed by atoms with Crippen molar-refractivity contribution < 1.29 is 4.79 Å². The number of carbonyl (C=O) groups is 1. The lowest BCUT2D eigenvalue weighted by molar-refractivity contribution is -0.123. The van der Waals surface area contributed by atoms with E-state index in [1.807, 2.05) is 36.4 Å². The van der Waals surface area contributed by atoms with Crippen LogP contribution in [0.5, 0.6) is 0 Å². The summed E-state index contributed by atoms with van der Waals surface area (Å²) in [5.41, 5.74) is 1.56. The van der Waals surface area contributed by atoms with Crippen LogP contribution in [-0.2, 0) is 16.8 Å². The molecule has 25 heavy (non-hydrogen) atoms. The van der Waals surface area contributed by atoms with Gasteiger partial charge in [0.2, 0.25) is 5.91 Å². The number of rotatable bonds is 5. The van der Waals surface area contributed by atoms with E-state index in [1.165, 1.54) is 11.3 Å². The maximum atomic E-state index is 12.7. The zero-order chi connectivity index (χ0) is 17.3. The predicted molar refractivity (Wildman–Crippen MR) is 100 cm³/mol. The highest BCUT2D eigenvalue weighted by molar-refractivity contribution is 9.10. The number of hydrogen-bond acceptors (Lipinski definition) is 5. The van der Waals surface area contributed by atoms with E-state index >= 15 is 0 Å². The van der Waals surface area contributed by atoms with Crippen LogP contribution < -0.4 is 5.32 Å². The standard InChI is InChI=1S/C18H15BrN4OS/c19-14-8-13(9-20-10-14)18(6-7-18)17(24)21-11-15-22-23-16(25-15)12-4-2-1-3-5-12/h1-5,8-10H,6-7,11H2,(H,21,24). The van der Waals surface area contributed by atoms with Crippen LogP contribution in [0.2, 0.25) is 0 Å². The van der Waals surface area contributed by atoms with E-state index in [0.717, 1.165) is 38.5 Å². The fraction of sp³-hybridized carbons (Fsp3) is 0.222. The molecule has 1 saturated carbocycles. The molecule has 1 amide bonds. The van der Waals surface area contributed by atoms with E-state index in [0.29, 0.717) is 6.54 Å². The number of benzene rings is 1. The van der Waals surface area contributed by atoms with Crippen LogP contribution in [0.3, 0.4) is 0 Å². The van der Waals surface area contributed by atoms with Gasteiger partial charge in [-0.25, -0.2) is 0 Å². The average molecular weight is 415 g/mol. The highest BCUT2D eigenvalue weighted by Crippen LogP contribution is 2.48. The largest absolute Gasteiger partial charge is 0.349 e. The average Bonchev–Trinajstić information content (AvgIpc) is 3.32. The number of amides is 1. The van der Waals surface area contributed by atoms with Crippen LogP contribution in [0, 0.1) is 0 Å². The molecule has 0 atom stereocenters. The minimum atomic E-state index is -0.441. The van der Waals surface area contributed by atoms with Crippen LogP contribution in [-0.4, -0.2) is 21.1 Å². The molecule has 2 heterocycles. The summed E-state index contributed by atoms with van der Waals surface area (Å²) in [5, 5.41) is 13.1. The molecule has 2 aromatic heterocycles. The summed E-state index contributed by atoms with van der Waals surface area (Å²) in [4.78, 5) is 16.9. The third-order valence-corrected chi connectivity index (χ3v) is 5.74. The van der Waals surface area contributed by atoms with Gasteiger partial charge in [0.25, 0.3) is 0 Å². The molecule has 0 spiro atoms. The molecular weight excluding hydrogens is 400 g/mol. The molecule has 1 fully saturated rings. The highest BCUT2D eigenvalue weighted by Gasteiger charge is 2.51. The number of hydrogen-bond donors (Lipinski definition) is 1. The Hall–Kier alpha value is -2.12. The van der Waals surface area contributed by atoms with Crippen molar-refractivity contribution >= 4 is 33.2 Å². The maximum Gasteiger partial charge on any atom is 0.231 e. The number of aromatic nitrogens is 3. The van der Waals surface area contributed by atoms with Crippen molar-refractivity contribution in [1.29, 1.82) is 0 Å². The SMILES string of the molecule is O=C(NCc1nnc(-c2ccccc2)s1)C1(c2cncc(Br)c2)CC1. The number of nitrogens with zero attached hydrogens (tertiary/aromatic N) is 3. The molecule has 3 aromatic rings. The second-order valence-electron chi connectivity index (χ2n) is 6.02. The van der Waals surface area contributed by atoms with E-state index in [9.17, 15) is 4.79 Å². The van der Waals surface area contributed by atoms with Crippen molar-refractivity contribution in [1.82, 2.24) is 20.5 Å². The molecule has 5 nitrogen and oxygen atoms in total. The topological polar surface area (TPSA) is 67.8 Å². The van der Waals surface area contributed by atoms with E-state index in [2.05, 4.69) is 36.4 Å². The smallest absolute Gasteiger partial charge is 0.231 e. The summed E-state index contributed by atoms with van der Waals surface area (Å²) in [6.07, 6.45) is 5.20. The van der Waals surface area contributed by atoms with Gasteiger partial charge < -0.3 is 5.32 Å². The molecule has 1 N–H and O–H groups in total. The minimum Gasteiger partial charge on any atom is -0.349 e. The Morgan fingerprint density at radius 3 is 2.72 bits per heavy atom. The Bertz CT molecular complexity index is 908. The summed E-state index contributed by atoms with van der Waals surface area (Å²) < 4.78 is 0.890. The number of carbonyl (C=O) groups excluding carboxylic acids is 1. The van der Waals surface area contributed by atoms with E-state index in [-0.39, 0.29) is 5.91 Å². The molecule has 0 saturated heterocycles. The van der Waals surface area contributed by atoms with Gasteiger partial charge in [0.05, 0.1) is 12.0 Å². The van der Waals surface area contributed by atoms with E-state index in [4.69, 9.17) is 0 Å². The third kappa shape index (κ3) is 3.34. The normalized spacial score (nSPS) is 14.9. The van der Waals surface area contributed by atoms with Gasteiger partial charge in [-0.1, -0.05) is 41.7 Å². The third-order valence-electron chi connectivity index (χ3n) is 4.33. The number of pyridine rings is 1. The fourth-order valence-electron chi connectivity index (χ4n) is 2.79. The van der Waals surface area contributed by atoms with Gasteiger partial charge in [-0.2, -0.15) is 0 Å². The summed E-state index contributed by atoms with van der Waals surface area (Å²) in [6, 6.07) is 11.9. The van der Waals surface area contributed by atoms with Gasteiger partial charge in [-0.3, -0.25) is 9.78 Å². The van der Waals surface area contributed by atoms with Crippen LogP contribution in [0.15, 0.2) is 53.3 Å². The van der Waals surface area contributed by atoms with Crippen LogP contribution in [0.4, 0.5) is 0 Å². The Morgan fingerprint density at radius 2 is 2.00 bits per heavy atom. The van der Waals surface area contributed by atoms with Gasteiger partial charge in [-0.05, 0) is 40.4 Å². The molecule has 1 aliphatic rings. The van der Waals surface area contributed by atoms with Crippen molar-refractivity contribution in [3.05, 3.63) is 63.8 Å². The van der Waals surface area contributed by atoms with Crippen LogP contribution in [0.25, 0.3) is 10.6 Å². The molecule has 0 aliphatic heterocycles. The summed E-state index contributed by atoms with van der Waals surface area (Å²) >= 11 is 4.92. The lowest BCUT2D eigenvalue weighted by Crippen LogP contribution is -2.34. The molecule has 0 radical (unpaired) electrons. The van der Waals surface area contributed by atoms with Crippen molar-refractivity contribution in [3.63, 3.8) is 0 Å². The predicted octanol–water partition coefficient (Wildman–Crippen LogP) is 3.71. The molecule has 7 heteroatoms. The second kappa shape index (κ2) is 6.65. The fourth-order valence-corrected chi connectivity index (χ4v) is 3.94. The summed E-state index contributed by atoms with van der Waals surface area (Å²) in [7, 11) is 0. The minimum absolute atomic E-state index is 0.0314.